The van der Waals surface area contributed by atoms with E-state index in [0.717, 1.165) is 88.7 Å². The van der Waals surface area contributed by atoms with Gasteiger partial charge in [-0.05, 0) is 135 Å². The van der Waals surface area contributed by atoms with E-state index in [9.17, 15) is 21.6 Å². The lowest BCUT2D eigenvalue weighted by molar-refractivity contribution is -0.113. The fourth-order valence-corrected chi connectivity index (χ4v) is 10.8. The summed E-state index contributed by atoms with van der Waals surface area (Å²) in [6, 6.07) is 4.65. The van der Waals surface area contributed by atoms with Crippen molar-refractivity contribution in [1.82, 2.24) is 9.80 Å². The molecule has 1 amide bonds. The van der Waals surface area contributed by atoms with E-state index in [-0.39, 0.29) is 16.4 Å². The Morgan fingerprint density at radius 2 is 1.18 bits per heavy atom. The van der Waals surface area contributed by atoms with E-state index in [1.165, 1.54) is 57.3 Å². The quantitative estimate of drug-likeness (QED) is 0.389. The summed E-state index contributed by atoms with van der Waals surface area (Å²) < 4.78 is 51.4. The standard InChI is InChI=1S/C19H26N2O3S.C13H13NO.C5H12N2O2S/c1-2-21-10-15(11-21)25(23,24)12-18(22)20-19-16-7-3-5-13(16)9-14-6-4-8-17(14)19;14-8-15-13-11-5-1-3-9(11)7-10-4-2-6-12(10)13;1-2-7-3-5(4-7)10(6,8)9/h9,15H,2-8,10-12H2,1H3,(H,20,22);7H,1-6H2;5H,2-4H2,1H3,(H2,6,8,9). The molecule has 0 aromatic heterocycles. The van der Waals surface area contributed by atoms with Crippen LogP contribution in [0.3, 0.4) is 0 Å². The van der Waals surface area contributed by atoms with Gasteiger partial charge >= 0.3 is 0 Å². The third-order valence-corrected chi connectivity index (χ3v) is 14.6. The van der Waals surface area contributed by atoms with E-state index < -0.39 is 25.6 Å². The van der Waals surface area contributed by atoms with Crippen molar-refractivity contribution in [3.05, 3.63) is 56.6 Å². The molecular weight excluding hydrogens is 675 g/mol. The summed E-state index contributed by atoms with van der Waals surface area (Å²) in [7, 11) is -6.62. The maximum Gasteiger partial charge on any atom is 0.292 e. The number of sulfone groups is 1. The molecule has 4 aliphatic carbocycles. The molecule has 0 atom stereocenters. The lowest BCUT2D eigenvalue weighted by Crippen LogP contribution is -2.56. The Morgan fingerprint density at radius 3 is 1.60 bits per heavy atom. The zero-order valence-corrected chi connectivity index (χ0v) is 31.1. The summed E-state index contributed by atoms with van der Waals surface area (Å²) in [6.45, 7) is 8.12. The number of nitrogens with one attached hydrogen (secondary N) is 1. The highest BCUT2D eigenvalue weighted by Gasteiger charge is 2.38. The van der Waals surface area contributed by atoms with Gasteiger partial charge in [0.05, 0.1) is 5.25 Å². The summed E-state index contributed by atoms with van der Waals surface area (Å²) in [5, 5.41) is 15.9. The van der Waals surface area contributed by atoms with Crippen molar-refractivity contribution < 1.29 is 26.4 Å². The first kappa shape index (κ1) is 36.8. The summed E-state index contributed by atoms with van der Waals surface area (Å²) in [6.07, 6.45) is 15.1. The van der Waals surface area contributed by atoms with Crippen LogP contribution < -0.4 is 15.2 Å². The smallest absolute Gasteiger partial charge is 0.292 e. The third kappa shape index (κ3) is 7.89. The Kier molecular flexibility index (Phi) is 11.2. The zero-order chi connectivity index (χ0) is 35.6. The van der Waals surface area contributed by atoms with E-state index in [2.05, 4.69) is 22.3 Å². The molecule has 0 spiro atoms. The second kappa shape index (κ2) is 15.3. The number of carbonyl (C=O) groups excluding carboxylic acids is 1. The van der Waals surface area contributed by atoms with Crippen molar-refractivity contribution >= 4 is 31.5 Å². The van der Waals surface area contributed by atoms with Gasteiger partial charge in [0.15, 0.2) is 9.84 Å². The SMILES string of the molecule is CCN1CC(S(=O)(=O)CC(=O)Nc2c3c(cc4c2CCC4)CCC3)C1.CCN1CC(S(N)(=O)=O)C1.N#COc1c2c(cc3c1CCC3)CCC2. The van der Waals surface area contributed by atoms with Crippen LogP contribution in [0.2, 0.25) is 0 Å². The molecule has 3 N–H and O–H groups in total. The number of aryl methyl sites for hydroxylation is 4. The molecule has 13 heteroatoms. The summed E-state index contributed by atoms with van der Waals surface area (Å²) in [4.78, 5) is 16.6. The lowest BCUT2D eigenvalue weighted by Gasteiger charge is -2.37. The number of carbonyl (C=O) groups is 1. The van der Waals surface area contributed by atoms with Gasteiger partial charge in [0, 0.05) is 31.9 Å². The Bertz CT molecular complexity index is 1810. The van der Waals surface area contributed by atoms with Crippen LogP contribution in [0.5, 0.6) is 5.75 Å². The Hall–Kier alpha value is -3.02. The Balaban J connectivity index is 0.000000146. The van der Waals surface area contributed by atoms with Crippen LogP contribution in [0.1, 0.15) is 84.0 Å². The Labute approximate surface area is 297 Å². The number of hydrogen-bond acceptors (Lipinski definition) is 9. The first-order chi connectivity index (χ1) is 23.9. The third-order valence-electron chi connectivity index (χ3n) is 11.3. The molecule has 0 unspecified atom stereocenters. The number of anilines is 1. The number of nitriles is 1. The molecule has 2 aromatic carbocycles. The van der Waals surface area contributed by atoms with Crippen LogP contribution in [0, 0.1) is 11.5 Å². The van der Waals surface area contributed by atoms with Gasteiger partial charge in [0.25, 0.3) is 6.26 Å². The fourth-order valence-electron chi connectivity index (χ4n) is 8.37. The first-order valence-corrected chi connectivity index (χ1v) is 21.6. The molecule has 272 valence electrons. The number of nitrogens with zero attached hydrogens (tertiary/aromatic N) is 3. The molecule has 0 bridgehead atoms. The maximum atomic E-state index is 12.5. The van der Waals surface area contributed by atoms with Gasteiger partial charge in [0.1, 0.15) is 16.8 Å². The van der Waals surface area contributed by atoms with Crippen LogP contribution in [-0.4, -0.2) is 88.1 Å². The summed E-state index contributed by atoms with van der Waals surface area (Å²) in [5.74, 6) is 0.137. The minimum atomic E-state index is -3.37. The van der Waals surface area contributed by atoms with Crippen LogP contribution in [0.25, 0.3) is 0 Å². The highest BCUT2D eigenvalue weighted by atomic mass is 32.2. The summed E-state index contributed by atoms with van der Waals surface area (Å²) >= 11 is 0. The molecule has 2 saturated heterocycles. The van der Waals surface area contributed by atoms with Crippen LogP contribution >= 0.6 is 0 Å². The average Bonchev–Trinajstić information content (AvgIpc) is 3.82. The van der Waals surface area contributed by atoms with E-state index in [0.29, 0.717) is 26.2 Å². The predicted octanol–water partition coefficient (Wildman–Crippen LogP) is 3.22. The van der Waals surface area contributed by atoms with Gasteiger partial charge in [-0.3, -0.25) is 4.79 Å². The fraction of sp³-hybridized carbons (Fsp3) is 0.622. The number of benzene rings is 2. The lowest BCUT2D eigenvalue weighted by atomic mass is 9.98. The highest BCUT2D eigenvalue weighted by molar-refractivity contribution is 7.92. The Morgan fingerprint density at radius 1 is 0.760 bits per heavy atom. The van der Waals surface area contributed by atoms with E-state index in [1.54, 1.807) is 0 Å². The molecule has 2 aromatic rings. The second-order valence-corrected chi connectivity index (χ2v) is 18.6. The number of likely N-dealkylation sites (tertiary alicyclic amines) is 2. The van der Waals surface area contributed by atoms with Gasteiger partial charge in [-0.15, -0.1) is 5.26 Å². The minimum Gasteiger partial charge on any atom is -0.387 e. The van der Waals surface area contributed by atoms with Gasteiger partial charge in [-0.1, -0.05) is 26.0 Å². The van der Waals surface area contributed by atoms with Gasteiger partial charge < -0.3 is 19.9 Å². The summed E-state index contributed by atoms with van der Waals surface area (Å²) in [5.41, 5.74) is 11.6. The van der Waals surface area contributed by atoms with Crippen LogP contribution in [-0.2, 0) is 76.0 Å². The maximum absolute atomic E-state index is 12.5. The number of sulfonamides is 1. The number of hydrogen-bond donors (Lipinski definition) is 2. The molecule has 2 heterocycles. The van der Waals surface area contributed by atoms with Crippen molar-refractivity contribution in [3.8, 4) is 12.0 Å². The predicted molar refractivity (Wildman–Crippen MR) is 195 cm³/mol. The van der Waals surface area contributed by atoms with Gasteiger partial charge in [-0.2, -0.15) is 0 Å². The molecule has 2 aliphatic heterocycles. The largest absolute Gasteiger partial charge is 0.387 e. The monoisotopic (exact) mass is 725 g/mol. The normalized spacial score (nSPS) is 19.7. The van der Waals surface area contributed by atoms with Crippen LogP contribution in [0.4, 0.5) is 5.69 Å². The van der Waals surface area contributed by atoms with Gasteiger partial charge in [-0.25, -0.2) is 22.0 Å². The molecule has 0 radical (unpaired) electrons. The number of fused-ring (bicyclic) bond motifs is 4. The number of primary sulfonamides is 1. The topological polar surface area (TPSA) is 163 Å². The number of rotatable bonds is 8. The zero-order valence-electron chi connectivity index (χ0n) is 29.4. The van der Waals surface area contributed by atoms with Crippen molar-refractivity contribution in [2.24, 2.45) is 5.14 Å². The van der Waals surface area contributed by atoms with Crippen molar-refractivity contribution in [3.63, 3.8) is 0 Å². The van der Waals surface area contributed by atoms with Gasteiger partial charge in [0.2, 0.25) is 15.9 Å². The molecule has 11 nitrogen and oxygen atoms in total. The van der Waals surface area contributed by atoms with E-state index in [4.69, 9.17) is 15.1 Å². The van der Waals surface area contributed by atoms with E-state index in [1.807, 2.05) is 25.0 Å². The second-order valence-electron chi connectivity index (χ2n) is 14.5. The highest BCUT2D eigenvalue weighted by Crippen LogP contribution is 2.40. The first-order valence-electron chi connectivity index (χ1n) is 18.3. The minimum absolute atomic E-state index is 0.313. The molecular formula is C37H51N5O6S2. The van der Waals surface area contributed by atoms with Crippen molar-refractivity contribution in [2.45, 2.75) is 101 Å². The number of amides is 1. The molecule has 6 aliphatic rings. The molecule has 2 fully saturated rings. The number of nitrogens with two attached hydrogens (primary N) is 1. The van der Waals surface area contributed by atoms with Crippen molar-refractivity contribution in [1.29, 1.82) is 5.26 Å². The van der Waals surface area contributed by atoms with Crippen molar-refractivity contribution in [2.75, 3.05) is 50.3 Å². The van der Waals surface area contributed by atoms with E-state index >= 15 is 0 Å². The molecule has 0 saturated carbocycles. The average molecular weight is 726 g/mol. The van der Waals surface area contributed by atoms with Crippen LogP contribution in [0.15, 0.2) is 12.1 Å². The molecule has 50 heavy (non-hydrogen) atoms. The molecule has 8 rings (SSSR count). The number of ether oxygens (including phenoxy) is 1.